The van der Waals surface area contributed by atoms with Crippen molar-refractivity contribution in [1.29, 1.82) is 0 Å². The van der Waals surface area contributed by atoms with Crippen LogP contribution in [0.3, 0.4) is 0 Å². The maximum Gasteiger partial charge on any atom is 0.338 e. The van der Waals surface area contributed by atoms with Crippen molar-refractivity contribution in [2.24, 2.45) is 4.99 Å². The number of thiophene rings is 1. The predicted molar refractivity (Wildman–Crippen MR) is 158 cm³/mol. The van der Waals surface area contributed by atoms with Gasteiger partial charge < -0.3 is 14.6 Å². The first-order valence-electron chi connectivity index (χ1n) is 13.2. The number of carbonyl (C=O) groups is 2. The number of hydrogen-bond donors (Lipinski definition) is 1. The van der Waals surface area contributed by atoms with E-state index >= 15 is 0 Å². The summed E-state index contributed by atoms with van der Waals surface area (Å²) in [6, 6.07) is 17.2. The number of aromatic nitrogens is 1. The molecule has 5 rings (SSSR count). The summed E-state index contributed by atoms with van der Waals surface area (Å²) in [5, 5.41) is 11.0. The molecule has 2 aromatic heterocycles. The minimum Gasteiger partial charge on any atom is -0.489 e. The molecular formula is C31H28N2O6S2. The Morgan fingerprint density at radius 2 is 1.83 bits per heavy atom. The highest BCUT2D eigenvalue weighted by molar-refractivity contribution is 7.10. The van der Waals surface area contributed by atoms with E-state index < -0.39 is 18.0 Å². The maximum atomic E-state index is 13.8. The average Bonchev–Trinajstić information content (AvgIpc) is 3.61. The second kappa shape index (κ2) is 12.5. The Bertz CT molecular complexity index is 1770. The van der Waals surface area contributed by atoms with E-state index in [4.69, 9.17) is 19.6 Å². The largest absolute Gasteiger partial charge is 0.489 e. The minimum absolute atomic E-state index is 0.213. The number of aromatic carboxylic acids is 1. The highest BCUT2D eigenvalue weighted by atomic mass is 32.1. The summed E-state index contributed by atoms with van der Waals surface area (Å²) in [6.07, 6.45) is 3.22. The van der Waals surface area contributed by atoms with Gasteiger partial charge in [0.05, 0.1) is 28.0 Å². The van der Waals surface area contributed by atoms with Gasteiger partial charge in [-0.3, -0.25) is 9.36 Å². The van der Waals surface area contributed by atoms with Gasteiger partial charge in [-0.2, -0.15) is 0 Å². The van der Waals surface area contributed by atoms with Gasteiger partial charge in [-0.1, -0.05) is 55.0 Å². The van der Waals surface area contributed by atoms with E-state index in [1.54, 1.807) is 35.8 Å². The summed E-state index contributed by atoms with van der Waals surface area (Å²) < 4.78 is 13.4. The Kier molecular flexibility index (Phi) is 8.61. The molecule has 0 amide bonds. The lowest BCUT2D eigenvalue weighted by Gasteiger charge is -2.24. The van der Waals surface area contributed by atoms with Gasteiger partial charge in [0, 0.05) is 4.88 Å². The van der Waals surface area contributed by atoms with E-state index in [9.17, 15) is 14.4 Å². The van der Waals surface area contributed by atoms with Crippen LogP contribution in [0.5, 0.6) is 5.75 Å². The number of allylic oxidation sites excluding steroid dienone is 1. The molecule has 210 valence electrons. The lowest BCUT2D eigenvalue weighted by Crippen LogP contribution is -2.39. The van der Waals surface area contributed by atoms with E-state index in [2.05, 4.69) is 0 Å². The van der Waals surface area contributed by atoms with Crippen molar-refractivity contribution >= 4 is 40.7 Å². The zero-order valence-electron chi connectivity index (χ0n) is 22.5. The second-order valence-electron chi connectivity index (χ2n) is 9.29. The number of nitrogens with zero attached hydrogens (tertiary/aromatic N) is 2. The summed E-state index contributed by atoms with van der Waals surface area (Å²) in [6.45, 7) is 4.33. The van der Waals surface area contributed by atoms with E-state index in [0.29, 0.717) is 39.4 Å². The molecule has 1 N–H and O–H groups in total. The molecule has 1 atom stereocenters. The Hall–Kier alpha value is -4.28. The van der Waals surface area contributed by atoms with Crippen LogP contribution < -0.4 is 19.6 Å². The lowest BCUT2D eigenvalue weighted by atomic mass is 9.99. The third-order valence-electron chi connectivity index (χ3n) is 6.49. The van der Waals surface area contributed by atoms with Crippen LogP contribution in [0.4, 0.5) is 0 Å². The quantitative estimate of drug-likeness (QED) is 0.264. The summed E-state index contributed by atoms with van der Waals surface area (Å²) >= 11 is 2.79. The average molecular weight is 589 g/mol. The number of carbonyl (C=O) groups excluding carboxylic acids is 1. The molecular weight excluding hydrogens is 560 g/mol. The summed E-state index contributed by atoms with van der Waals surface area (Å²) in [5.41, 5.74) is 2.77. The van der Waals surface area contributed by atoms with Gasteiger partial charge >= 0.3 is 11.9 Å². The molecule has 0 saturated heterocycles. The van der Waals surface area contributed by atoms with E-state index in [1.165, 1.54) is 22.7 Å². The Morgan fingerprint density at radius 1 is 1.07 bits per heavy atom. The van der Waals surface area contributed by atoms with Crippen LogP contribution in [0.15, 0.2) is 87.1 Å². The third-order valence-corrected chi connectivity index (χ3v) is 8.40. The van der Waals surface area contributed by atoms with Crippen LogP contribution in [0.1, 0.15) is 59.1 Å². The van der Waals surface area contributed by atoms with Gasteiger partial charge in [0.2, 0.25) is 0 Å². The molecule has 10 heteroatoms. The van der Waals surface area contributed by atoms with Crippen LogP contribution in [-0.4, -0.2) is 28.2 Å². The normalized spacial score (nSPS) is 14.9. The molecule has 0 unspecified atom stereocenters. The van der Waals surface area contributed by atoms with Crippen LogP contribution in [0, 0.1) is 0 Å². The first-order chi connectivity index (χ1) is 19.9. The predicted octanol–water partition coefficient (Wildman–Crippen LogP) is 4.92. The molecule has 0 aliphatic carbocycles. The highest BCUT2D eigenvalue weighted by Gasteiger charge is 2.34. The van der Waals surface area contributed by atoms with E-state index in [1.807, 2.05) is 54.8 Å². The molecule has 0 fully saturated rings. The van der Waals surface area contributed by atoms with Crippen molar-refractivity contribution in [3.63, 3.8) is 0 Å². The first kappa shape index (κ1) is 28.3. The van der Waals surface area contributed by atoms with Crippen molar-refractivity contribution in [2.45, 2.75) is 39.3 Å². The fraction of sp³-hybridized carbons (Fsp3) is 0.226. The molecule has 41 heavy (non-hydrogen) atoms. The number of benzene rings is 2. The molecule has 2 aromatic carbocycles. The van der Waals surface area contributed by atoms with Crippen molar-refractivity contribution in [3.8, 4) is 5.75 Å². The Balaban J connectivity index is 1.45. The maximum absolute atomic E-state index is 13.8. The number of thiazole rings is 1. The number of carboxylic acid groups (broad SMARTS) is 1. The zero-order chi connectivity index (χ0) is 28.9. The van der Waals surface area contributed by atoms with Crippen LogP contribution in [-0.2, 0) is 16.1 Å². The molecule has 8 nitrogen and oxygen atoms in total. The number of carboxylic acids is 1. The van der Waals surface area contributed by atoms with Gasteiger partial charge in [-0.15, -0.1) is 11.3 Å². The summed E-state index contributed by atoms with van der Waals surface area (Å²) in [5.74, 6) is -0.768. The second-order valence-corrected chi connectivity index (χ2v) is 11.3. The number of fused-ring (bicyclic) bond motifs is 1. The van der Waals surface area contributed by atoms with Gasteiger partial charge in [-0.25, -0.2) is 14.6 Å². The minimum atomic E-state index is -0.969. The number of esters is 1. The van der Waals surface area contributed by atoms with Crippen LogP contribution in [0.2, 0.25) is 0 Å². The number of ether oxygens (including phenoxy) is 2. The smallest absolute Gasteiger partial charge is 0.338 e. The number of hydrogen-bond acceptors (Lipinski definition) is 8. The van der Waals surface area contributed by atoms with Crippen LogP contribution in [0.25, 0.3) is 6.08 Å². The molecule has 4 aromatic rings. The van der Waals surface area contributed by atoms with Crippen molar-refractivity contribution in [3.05, 3.63) is 119 Å². The summed E-state index contributed by atoms with van der Waals surface area (Å²) in [7, 11) is 0. The van der Waals surface area contributed by atoms with E-state index in [-0.39, 0.29) is 17.7 Å². The standard InChI is InChI=1S/C31H28N2O6S2/c1-3-6-23-26(30(37)38-4-2)27(24-7-5-16-40-24)33-28(34)25(41-31(33)32-23)17-19-10-14-22(15-11-19)39-18-20-8-12-21(13-9-20)29(35)36/h5,7-17,27H,3-4,6,18H2,1-2H3,(H,35,36)/b25-17+/t27-/m0/s1. The number of rotatable bonds is 10. The molecule has 1 aliphatic rings. The van der Waals surface area contributed by atoms with Crippen molar-refractivity contribution in [2.75, 3.05) is 6.61 Å². The van der Waals surface area contributed by atoms with Gasteiger partial charge in [-0.05, 0) is 66.3 Å². The fourth-order valence-electron chi connectivity index (χ4n) is 4.56. The SMILES string of the molecule is CCCC1=C(C(=O)OCC)[C@H](c2cccs2)n2c(s/c(=C/c3ccc(OCc4ccc(C(=O)O)cc4)cc3)c2=O)=N1. The van der Waals surface area contributed by atoms with E-state index in [0.717, 1.165) is 22.4 Å². The van der Waals surface area contributed by atoms with Crippen LogP contribution >= 0.6 is 22.7 Å². The molecule has 1 aliphatic heterocycles. The van der Waals surface area contributed by atoms with Gasteiger partial charge in [0.15, 0.2) is 4.80 Å². The topological polar surface area (TPSA) is 107 Å². The lowest BCUT2D eigenvalue weighted by molar-refractivity contribution is -0.139. The third kappa shape index (κ3) is 6.08. The highest BCUT2D eigenvalue weighted by Crippen LogP contribution is 2.34. The zero-order valence-corrected chi connectivity index (χ0v) is 24.2. The first-order valence-corrected chi connectivity index (χ1v) is 14.9. The Morgan fingerprint density at radius 3 is 2.46 bits per heavy atom. The van der Waals surface area contributed by atoms with Gasteiger partial charge in [0.1, 0.15) is 18.4 Å². The van der Waals surface area contributed by atoms with Gasteiger partial charge in [0.25, 0.3) is 5.56 Å². The molecule has 0 radical (unpaired) electrons. The monoisotopic (exact) mass is 588 g/mol. The Labute approximate surface area is 244 Å². The van der Waals surface area contributed by atoms with Crippen molar-refractivity contribution < 1.29 is 24.2 Å². The van der Waals surface area contributed by atoms with Crippen molar-refractivity contribution in [1.82, 2.24) is 4.57 Å². The summed E-state index contributed by atoms with van der Waals surface area (Å²) in [4.78, 5) is 44.1. The molecule has 3 heterocycles. The molecule has 0 saturated carbocycles. The molecule has 0 bridgehead atoms. The fourth-order valence-corrected chi connectivity index (χ4v) is 6.40. The molecule has 0 spiro atoms.